The van der Waals surface area contributed by atoms with E-state index in [0.717, 1.165) is 0 Å². The molecule has 2 fully saturated rings. The number of nitrogens with zero attached hydrogens (tertiary/aromatic N) is 3. The van der Waals surface area contributed by atoms with Crippen LogP contribution < -0.4 is 5.32 Å². The molecule has 0 unspecified atom stereocenters. The van der Waals surface area contributed by atoms with Gasteiger partial charge in [0.2, 0.25) is 11.8 Å². The Labute approximate surface area is 150 Å². The molecule has 7 nitrogen and oxygen atoms in total. The molecule has 2 aliphatic rings. The Balaban J connectivity index is 2.25. The molecule has 0 aromatic rings. The van der Waals surface area contributed by atoms with E-state index in [-0.39, 0.29) is 35.2 Å². The molecule has 142 valence electrons. The normalized spacial score (nSPS) is 24.4. The maximum Gasteiger partial charge on any atom is 0.317 e. The van der Waals surface area contributed by atoms with Crippen LogP contribution in [0.15, 0.2) is 0 Å². The van der Waals surface area contributed by atoms with Crippen molar-refractivity contribution >= 4 is 17.8 Å². The van der Waals surface area contributed by atoms with Crippen LogP contribution >= 0.6 is 0 Å². The Morgan fingerprint density at radius 2 is 1.68 bits per heavy atom. The number of hydrogen-bond donors (Lipinski definition) is 1. The van der Waals surface area contributed by atoms with Crippen molar-refractivity contribution in [1.29, 1.82) is 0 Å². The van der Waals surface area contributed by atoms with E-state index in [4.69, 9.17) is 0 Å². The molecule has 0 bridgehead atoms. The Morgan fingerprint density at radius 1 is 1.08 bits per heavy atom. The highest BCUT2D eigenvalue weighted by atomic mass is 16.2. The summed E-state index contributed by atoms with van der Waals surface area (Å²) in [7, 11) is 0. The molecule has 1 spiro atoms. The molecule has 0 radical (unpaired) electrons. The fourth-order valence-corrected chi connectivity index (χ4v) is 3.81. The molecule has 0 saturated carbocycles. The Kier molecular flexibility index (Phi) is 5.95. The summed E-state index contributed by atoms with van der Waals surface area (Å²) in [5, 5.41) is 2.93. The van der Waals surface area contributed by atoms with Crippen molar-refractivity contribution in [2.45, 2.75) is 47.1 Å². The second kappa shape index (κ2) is 7.62. The predicted octanol–water partition coefficient (Wildman–Crippen LogP) is 1.14. The summed E-state index contributed by atoms with van der Waals surface area (Å²) in [4.78, 5) is 43.0. The number of carbonyl (C=O) groups is 3. The highest BCUT2D eigenvalue weighted by Crippen LogP contribution is 2.35. The lowest BCUT2D eigenvalue weighted by Crippen LogP contribution is -2.49. The topological polar surface area (TPSA) is 73.0 Å². The summed E-state index contributed by atoms with van der Waals surface area (Å²) in [6.07, 6.45) is 0.397. The Bertz CT molecular complexity index is 534. The first-order valence-corrected chi connectivity index (χ1v) is 9.29. The number of nitrogens with one attached hydrogen (secondary N) is 1. The molecule has 4 amide bonds. The van der Waals surface area contributed by atoms with E-state index < -0.39 is 0 Å². The van der Waals surface area contributed by atoms with Crippen LogP contribution in [0.5, 0.6) is 0 Å². The quantitative estimate of drug-likeness (QED) is 0.828. The number of likely N-dealkylation sites (tertiary alicyclic amines) is 1. The summed E-state index contributed by atoms with van der Waals surface area (Å²) >= 11 is 0. The fourth-order valence-electron chi connectivity index (χ4n) is 3.81. The summed E-state index contributed by atoms with van der Waals surface area (Å²) in [5.74, 6) is 0.117. The third-order valence-electron chi connectivity index (χ3n) is 4.98. The predicted molar refractivity (Wildman–Crippen MR) is 96.0 cm³/mol. The van der Waals surface area contributed by atoms with Crippen molar-refractivity contribution in [2.24, 2.45) is 11.3 Å². The maximum atomic E-state index is 12.6. The van der Waals surface area contributed by atoms with Gasteiger partial charge in [-0.1, -0.05) is 13.8 Å². The molecule has 2 saturated heterocycles. The van der Waals surface area contributed by atoms with E-state index in [1.54, 1.807) is 4.90 Å². The van der Waals surface area contributed by atoms with Gasteiger partial charge in [0.15, 0.2) is 0 Å². The van der Waals surface area contributed by atoms with Crippen LogP contribution in [0.3, 0.4) is 0 Å². The number of urea groups is 1. The SMILES string of the molecule is CCN1C[C@@]2(CC1=O)CN(C(=O)NC(C)C)CCN(C(=O)C(C)C)C2. The van der Waals surface area contributed by atoms with Crippen LogP contribution in [-0.2, 0) is 9.59 Å². The molecule has 2 aliphatic heterocycles. The van der Waals surface area contributed by atoms with Gasteiger partial charge < -0.3 is 20.0 Å². The highest BCUT2D eigenvalue weighted by molar-refractivity contribution is 5.81. The van der Waals surface area contributed by atoms with Gasteiger partial charge in [-0.05, 0) is 20.8 Å². The number of rotatable bonds is 3. The minimum absolute atomic E-state index is 0.0532. The zero-order chi connectivity index (χ0) is 18.8. The molecule has 0 aromatic heterocycles. The van der Waals surface area contributed by atoms with Crippen LogP contribution in [0.1, 0.15) is 41.0 Å². The molecule has 0 aromatic carbocycles. The monoisotopic (exact) mass is 352 g/mol. The van der Waals surface area contributed by atoms with E-state index in [0.29, 0.717) is 45.7 Å². The largest absolute Gasteiger partial charge is 0.342 e. The molecule has 2 heterocycles. The molecule has 2 rings (SSSR count). The van der Waals surface area contributed by atoms with E-state index in [1.165, 1.54) is 0 Å². The number of amides is 4. The average Bonchev–Trinajstić information content (AvgIpc) is 2.71. The van der Waals surface area contributed by atoms with E-state index in [1.807, 2.05) is 44.4 Å². The first kappa shape index (κ1) is 19.5. The van der Waals surface area contributed by atoms with Crippen molar-refractivity contribution in [2.75, 3.05) is 39.3 Å². The summed E-state index contributed by atoms with van der Waals surface area (Å²) in [6, 6.07) is -0.0620. The van der Waals surface area contributed by atoms with Crippen LogP contribution in [0.2, 0.25) is 0 Å². The van der Waals surface area contributed by atoms with Crippen molar-refractivity contribution in [3.05, 3.63) is 0 Å². The summed E-state index contributed by atoms with van der Waals surface area (Å²) < 4.78 is 0. The second-order valence-corrected chi connectivity index (χ2v) is 8.02. The zero-order valence-electron chi connectivity index (χ0n) is 16.2. The standard InChI is InChI=1S/C18H32N4O3/c1-6-20-10-18(9-15(20)23)11-21(16(24)13(2)3)7-8-22(12-18)17(25)19-14(4)5/h13-14H,6-12H2,1-5H3,(H,19,25)/t18-/m1/s1. The van der Waals surface area contributed by atoms with Crippen LogP contribution in [0.4, 0.5) is 4.79 Å². The Hall–Kier alpha value is -1.79. The lowest BCUT2D eigenvalue weighted by molar-refractivity contribution is -0.135. The van der Waals surface area contributed by atoms with Crippen molar-refractivity contribution in [3.8, 4) is 0 Å². The lowest BCUT2D eigenvalue weighted by atomic mass is 9.85. The van der Waals surface area contributed by atoms with Gasteiger partial charge in [-0.15, -0.1) is 0 Å². The highest BCUT2D eigenvalue weighted by Gasteiger charge is 2.47. The maximum absolute atomic E-state index is 12.6. The third-order valence-corrected chi connectivity index (χ3v) is 4.98. The van der Waals surface area contributed by atoms with Crippen LogP contribution in [-0.4, -0.2) is 77.9 Å². The molecular weight excluding hydrogens is 320 g/mol. The second-order valence-electron chi connectivity index (χ2n) is 8.02. The van der Waals surface area contributed by atoms with E-state index in [9.17, 15) is 14.4 Å². The van der Waals surface area contributed by atoms with Gasteiger partial charge in [-0.3, -0.25) is 9.59 Å². The molecule has 25 heavy (non-hydrogen) atoms. The van der Waals surface area contributed by atoms with E-state index >= 15 is 0 Å². The molecular formula is C18H32N4O3. The van der Waals surface area contributed by atoms with Crippen LogP contribution in [0, 0.1) is 11.3 Å². The minimum Gasteiger partial charge on any atom is -0.342 e. The number of hydrogen-bond acceptors (Lipinski definition) is 3. The van der Waals surface area contributed by atoms with Gasteiger partial charge in [0.25, 0.3) is 0 Å². The minimum atomic E-state index is -0.373. The summed E-state index contributed by atoms with van der Waals surface area (Å²) in [5.41, 5.74) is -0.373. The molecule has 0 aliphatic carbocycles. The van der Waals surface area contributed by atoms with Crippen molar-refractivity contribution in [3.63, 3.8) is 0 Å². The lowest BCUT2D eigenvalue weighted by Gasteiger charge is -2.34. The first-order valence-electron chi connectivity index (χ1n) is 9.29. The smallest absolute Gasteiger partial charge is 0.317 e. The van der Waals surface area contributed by atoms with Gasteiger partial charge in [0, 0.05) is 63.1 Å². The van der Waals surface area contributed by atoms with E-state index in [2.05, 4.69) is 5.32 Å². The molecule has 1 atom stereocenters. The number of carbonyl (C=O) groups excluding carboxylic acids is 3. The first-order chi connectivity index (χ1) is 11.7. The van der Waals surface area contributed by atoms with Gasteiger partial charge in [0.05, 0.1) is 0 Å². The van der Waals surface area contributed by atoms with Gasteiger partial charge in [-0.25, -0.2) is 4.79 Å². The Morgan fingerprint density at radius 3 is 2.20 bits per heavy atom. The van der Waals surface area contributed by atoms with Crippen LogP contribution in [0.25, 0.3) is 0 Å². The van der Waals surface area contributed by atoms with Gasteiger partial charge in [0.1, 0.15) is 0 Å². The van der Waals surface area contributed by atoms with Crippen molar-refractivity contribution in [1.82, 2.24) is 20.0 Å². The average molecular weight is 352 g/mol. The zero-order valence-corrected chi connectivity index (χ0v) is 16.2. The molecule has 1 N–H and O–H groups in total. The van der Waals surface area contributed by atoms with Crippen molar-refractivity contribution < 1.29 is 14.4 Å². The van der Waals surface area contributed by atoms with Gasteiger partial charge >= 0.3 is 6.03 Å². The fraction of sp³-hybridized carbons (Fsp3) is 0.833. The molecule has 7 heteroatoms. The summed E-state index contributed by atoms with van der Waals surface area (Å²) in [6.45, 7) is 12.9. The van der Waals surface area contributed by atoms with Gasteiger partial charge in [-0.2, -0.15) is 0 Å². The third kappa shape index (κ3) is 4.44.